The molecule has 0 atom stereocenters. The molecule has 6 nitrogen and oxygen atoms in total. The van der Waals surface area contributed by atoms with Crippen molar-refractivity contribution in [2.75, 3.05) is 26.1 Å². The molecule has 2 N–H and O–H groups in total. The lowest BCUT2D eigenvalue weighted by Gasteiger charge is -2.19. The molecule has 174 valence electrons. The van der Waals surface area contributed by atoms with Gasteiger partial charge in [0.25, 0.3) is 11.8 Å². The molecule has 8 heteroatoms. The Hall–Kier alpha value is -3.42. The second-order valence-corrected chi connectivity index (χ2v) is 9.04. The number of carbonyl (C=O) groups is 2. The van der Waals surface area contributed by atoms with E-state index in [1.54, 1.807) is 38.5 Å². The molecule has 1 aliphatic heterocycles. The Morgan fingerprint density at radius 3 is 2.53 bits per heavy atom. The molecule has 4 rings (SSSR count). The number of hydrogen-bond acceptors (Lipinski definition) is 5. The molecule has 0 saturated heterocycles. The Morgan fingerprint density at radius 1 is 1.03 bits per heavy atom. The van der Waals surface area contributed by atoms with Crippen LogP contribution in [0.1, 0.15) is 21.5 Å². The maximum atomic E-state index is 12.7. The van der Waals surface area contributed by atoms with Gasteiger partial charge >= 0.3 is 0 Å². The van der Waals surface area contributed by atoms with Gasteiger partial charge in [0.1, 0.15) is 0 Å². The lowest BCUT2D eigenvalue weighted by Crippen LogP contribution is -2.26. The first-order chi connectivity index (χ1) is 16.5. The Kier molecular flexibility index (Phi) is 7.45. The van der Waals surface area contributed by atoms with Crippen molar-refractivity contribution in [3.63, 3.8) is 0 Å². The van der Waals surface area contributed by atoms with E-state index >= 15 is 0 Å². The average Bonchev–Trinajstić information content (AvgIpc) is 2.85. The van der Waals surface area contributed by atoms with Crippen molar-refractivity contribution in [3.8, 4) is 11.5 Å². The monoisotopic (exact) mass is 494 g/mol. The topological polar surface area (TPSA) is 76.7 Å². The largest absolute Gasteiger partial charge is 0.493 e. The average molecular weight is 495 g/mol. The number of ether oxygens (including phenoxy) is 2. The summed E-state index contributed by atoms with van der Waals surface area (Å²) in [5, 5.41) is 6.49. The SMILES string of the molecule is COc1ccc(C=C2Sc3ccc(C(=O)NCCc4ccc(Cl)cc4)cc3NC2=O)cc1OC. The molecule has 1 heterocycles. The van der Waals surface area contributed by atoms with Gasteiger partial charge in [0.05, 0.1) is 24.8 Å². The molecule has 3 aromatic carbocycles. The lowest BCUT2D eigenvalue weighted by molar-refractivity contribution is -0.112. The number of rotatable bonds is 7. The summed E-state index contributed by atoms with van der Waals surface area (Å²) in [6.45, 7) is 0.497. The highest BCUT2D eigenvalue weighted by atomic mass is 35.5. The van der Waals surface area contributed by atoms with Crippen molar-refractivity contribution in [2.45, 2.75) is 11.3 Å². The van der Waals surface area contributed by atoms with E-state index in [1.807, 2.05) is 42.5 Å². The second-order valence-electron chi connectivity index (χ2n) is 7.52. The number of hydrogen-bond donors (Lipinski definition) is 2. The lowest BCUT2D eigenvalue weighted by atomic mass is 10.1. The summed E-state index contributed by atoms with van der Waals surface area (Å²) in [6.07, 6.45) is 2.49. The van der Waals surface area contributed by atoms with Crippen LogP contribution in [0.5, 0.6) is 11.5 Å². The summed E-state index contributed by atoms with van der Waals surface area (Å²) < 4.78 is 10.6. The number of halogens is 1. The number of methoxy groups -OCH3 is 2. The Bertz CT molecular complexity index is 1260. The molecule has 0 aromatic heterocycles. The standard InChI is InChI=1S/C26H23ClN2O4S/c1-32-21-9-5-17(13-22(21)33-2)14-24-26(31)29-20-15-18(6-10-23(20)34-24)25(30)28-12-11-16-3-7-19(27)8-4-16/h3-10,13-15H,11-12H2,1-2H3,(H,28,30)(H,29,31). The molecule has 1 aliphatic rings. The van der Waals surface area contributed by atoms with Crippen LogP contribution in [0.15, 0.2) is 70.5 Å². The molecule has 0 spiro atoms. The van der Waals surface area contributed by atoms with Crippen LogP contribution < -0.4 is 20.1 Å². The zero-order valence-corrected chi connectivity index (χ0v) is 20.3. The molecule has 34 heavy (non-hydrogen) atoms. The van der Waals surface area contributed by atoms with Crippen LogP contribution in [-0.4, -0.2) is 32.6 Å². The van der Waals surface area contributed by atoms with E-state index in [-0.39, 0.29) is 11.8 Å². The van der Waals surface area contributed by atoms with Gasteiger partial charge in [-0.25, -0.2) is 0 Å². The number of anilines is 1. The number of benzene rings is 3. The number of amides is 2. The maximum absolute atomic E-state index is 12.7. The molecular weight excluding hydrogens is 472 g/mol. The molecule has 0 fully saturated rings. The molecule has 0 saturated carbocycles. The van der Waals surface area contributed by atoms with E-state index in [0.29, 0.717) is 45.6 Å². The fraction of sp³-hybridized carbons (Fsp3) is 0.154. The van der Waals surface area contributed by atoms with Crippen LogP contribution in [0.3, 0.4) is 0 Å². The predicted octanol–water partition coefficient (Wildman–Crippen LogP) is 5.42. The molecule has 0 bridgehead atoms. The van der Waals surface area contributed by atoms with Gasteiger partial charge in [0.15, 0.2) is 11.5 Å². The first-order valence-electron chi connectivity index (χ1n) is 10.6. The van der Waals surface area contributed by atoms with Crippen LogP contribution in [-0.2, 0) is 11.2 Å². The highest BCUT2D eigenvalue weighted by molar-refractivity contribution is 8.04. The molecule has 0 radical (unpaired) electrons. The van der Waals surface area contributed by atoms with E-state index in [2.05, 4.69) is 10.6 Å². The van der Waals surface area contributed by atoms with E-state index in [4.69, 9.17) is 21.1 Å². The summed E-state index contributed by atoms with van der Waals surface area (Å²) in [4.78, 5) is 26.7. The molecule has 0 aliphatic carbocycles. The Morgan fingerprint density at radius 2 is 1.79 bits per heavy atom. The third-order valence-corrected chi connectivity index (χ3v) is 6.60. The van der Waals surface area contributed by atoms with Crippen molar-refractivity contribution < 1.29 is 19.1 Å². The van der Waals surface area contributed by atoms with Crippen LogP contribution in [0.25, 0.3) is 6.08 Å². The van der Waals surface area contributed by atoms with Gasteiger partial charge in [0, 0.05) is 22.0 Å². The first kappa shape index (κ1) is 23.7. The van der Waals surface area contributed by atoms with Gasteiger partial charge in [-0.1, -0.05) is 41.6 Å². The summed E-state index contributed by atoms with van der Waals surface area (Å²) in [7, 11) is 3.14. The fourth-order valence-electron chi connectivity index (χ4n) is 3.47. The van der Waals surface area contributed by atoms with Gasteiger partial charge in [-0.05, 0) is 66.1 Å². The van der Waals surface area contributed by atoms with Crippen LogP contribution >= 0.6 is 23.4 Å². The maximum Gasteiger partial charge on any atom is 0.262 e. The van der Waals surface area contributed by atoms with E-state index in [1.165, 1.54) is 11.8 Å². The van der Waals surface area contributed by atoms with Gasteiger partial charge in [-0.15, -0.1) is 0 Å². The smallest absolute Gasteiger partial charge is 0.262 e. The first-order valence-corrected chi connectivity index (χ1v) is 11.8. The predicted molar refractivity (Wildman–Crippen MR) is 136 cm³/mol. The summed E-state index contributed by atoms with van der Waals surface area (Å²) in [5.41, 5.74) is 3.01. The van der Waals surface area contributed by atoms with Gasteiger partial charge in [-0.2, -0.15) is 0 Å². The molecule has 3 aromatic rings. The zero-order chi connectivity index (χ0) is 24.1. The minimum absolute atomic E-state index is 0.192. The number of thioether (sulfide) groups is 1. The Balaban J connectivity index is 1.43. The second kappa shape index (κ2) is 10.7. The van der Waals surface area contributed by atoms with Crippen molar-refractivity contribution in [2.24, 2.45) is 0 Å². The zero-order valence-electron chi connectivity index (χ0n) is 18.7. The van der Waals surface area contributed by atoms with Crippen molar-refractivity contribution in [3.05, 3.63) is 87.3 Å². The number of fused-ring (bicyclic) bond motifs is 1. The highest BCUT2D eigenvalue weighted by Crippen LogP contribution is 2.40. The molecule has 2 amide bonds. The third-order valence-electron chi connectivity index (χ3n) is 5.25. The normalized spacial score (nSPS) is 13.7. The Labute approximate surface area is 207 Å². The number of nitrogens with one attached hydrogen (secondary N) is 2. The van der Waals surface area contributed by atoms with Crippen molar-refractivity contribution in [1.29, 1.82) is 0 Å². The van der Waals surface area contributed by atoms with E-state index < -0.39 is 0 Å². The molecule has 0 unspecified atom stereocenters. The van der Waals surface area contributed by atoms with Crippen LogP contribution in [0.4, 0.5) is 5.69 Å². The number of carbonyl (C=O) groups excluding carboxylic acids is 2. The molecular formula is C26H23ClN2O4S. The minimum Gasteiger partial charge on any atom is -0.493 e. The summed E-state index contributed by atoms with van der Waals surface area (Å²) >= 11 is 7.26. The summed E-state index contributed by atoms with van der Waals surface area (Å²) in [5.74, 6) is 0.787. The van der Waals surface area contributed by atoms with E-state index in [9.17, 15) is 9.59 Å². The van der Waals surface area contributed by atoms with E-state index in [0.717, 1.165) is 16.0 Å². The van der Waals surface area contributed by atoms with Crippen LogP contribution in [0.2, 0.25) is 5.02 Å². The van der Waals surface area contributed by atoms with Gasteiger partial charge < -0.3 is 20.1 Å². The van der Waals surface area contributed by atoms with Gasteiger partial charge in [0.2, 0.25) is 0 Å². The van der Waals surface area contributed by atoms with Gasteiger partial charge in [-0.3, -0.25) is 9.59 Å². The van der Waals surface area contributed by atoms with Crippen molar-refractivity contribution in [1.82, 2.24) is 5.32 Å². The summed E-state index contributed by atoms with van der Waals surface area (Å²) in [6, 6.07) is 18.3. The third kappa shape index (κ3) is 5.55. The van der Waals surface area contributed by atoms with Crippen molar-refractivity contribution >= 4 is 46.9 Å². The quantitative estimate of drug-likeness (QED) is 0.429. The fourth-order valence-corrected chi connectivity index (χ4v) is 4.53. The highest BCUT2D eigenvalue weighted by Gasteiger charge is 2.22. The van der Waals surface area contributed by atoms with Crippen LogP contribution in [0, 0.1) is 0 Å². The minimum atomic E-state index is -0.229.